The minimum Gasteiger partial charge on any atom is -0.395 e. The second-order valence-electron chi connectivity index (χ2n) is 2.86. The van der Waals surface area contributed by atoms with Crippen LogP contribution >= 0.6 is 12.4 Å². The number of halogens is 3. The number of nitrogens with two attached hydrogens (primary N) is 1. The van der Waals surface area contributed by atoms with Crippen LogP contribution in [0.2, 0.25) is 0 Å². The quantitative estimate of drug-likeness (QED) is 0.810. The maximum atomic E-state index is 13.0. The standard InChI is InChI=1S/C9H11F2NO.ClH/c10-8-3-1-2-6(9(8)11)4-7(12)5-13;/h1-3,7,13H,4-5,12H2;1H. The van der Waals surface area contributed by atoms with Gasteiger partial charge in [0.15, 0.2) is 11.6 Å². The van der Waals surface area contributed by atoms with Crippen molar-refractivity contribution in [2.24, 2.45) is 5.73 Å². The second kappa shape index (κ2) is 5.90. The fourth-order valence-corrected chi connectivity index (χ4v) is 1.05. The van der Waals surface area contributed by atoms with Crippen molar-refractivity contribution in [2.75, 3.05) is 6.61 Å². The molecule has 1 aromatic carbocycles. The monoisotopic (exact) mass is 223 g/mol. The summed E-state index contributed by atoms with van der Waals surface area (Å²) in [4.78, 5) is 0. The van der Waals surface area contributed by atoms with Crippen LogP contribution in [0.5, 0.6) is 0 Å². The molecule has 0 aliphatic heterocycles. The molecule has 1 atom stereocenters. The summed E-state index contributed by atoms with van der Waals surface area (Å²) in [5.74, 6) is -1.77. The molecule has 80 valence electrons. The van der Waals surface area contributed by atoms with Gasteiger partial charge in [0, 0.05) is 6.04 Å². The van der Waals surface area contributed by atoms with Crippen molar-refractivity contribution in [1.82, 2.24) is 0 Å². The number of aliphatic hydroxyl groups excluding tert-OH is 1. The largest absolute Gasteiger partial charge is 0.395 e. The molecular weight excluding hydrogens is 212 g/mol. The molecule has 1 unspecified atom stereocenters. The van der Waals surface area contributed by atoms with Gasteiger partial charge in [0.2, 0.25) is 0 Å². The van der Waals surface area contributed by atoms with Crippen molar-refractivity contribution in [3.63, 3.8) is 0 Å². The third kappa shape index (κ3) is 3.21. The third-order valence-corrected chi connectivity index (χ3v) is 1.75. The topological polar surface area (TPSA) is 46.2 Å². The highest BCUT2D eigenvalue weighted by molar-refractivity contribution is 5.85. The zero-order valence-electron chi connectivity index (χ0n) is 7.41. The Hall–Kier alpha value is -0.710. The van der Waals surface area contributed by atoms with E-state index in [-0.39, 0.29) is 31.0 Å². The number of hydrogen-bond donors (Lipinski definition) is 2. The van der Waals surface area contributed by atoms with E-state index in [2.05, 4.69) is 0 Å². The van der Waals surface area contributed by atoms with Gasteiger partial charge in [0.1, 0.15) is 0 Å². The molecule has 0 fully saturated rings. The van der Waals surface area contributed by atoms with Crippen LogP contribution in [0.1, 0.15) is 5.56 Å². The predicted molar refractivity (Wildman–Crippen MR) is 52.4 cm³/mol. The first-order valence-corrected chi connectivity index (χ1v) is 3.94. The van der Waals surface area contributed by atoms with E-state index in [0.717, 1.165) is 6.07 Å². The molecule has 0 radical (unpaired) electrons. The van der Waals surface area contributed by atoms with E-state index in [1.807, 2.05) is 0 Å². The van der Waals surface area contributed by atoms with Crippen LogP contribution in [-0.2, 0) is 6.42 Å². The molecule has 0 aliphatic carbocycles. The Morgan fingerprint density at radius 1 is 1.36 bits per heavy atom. The summed E-state index contributed by atoms with van der Waals surface area (Å²) in [7, 11) is 0. The third-order valence-electron chi connectivity index (χ3n) is 1.75. The Labute approximate surface area is 87.1 Å². The molecule has 2 nitrogen and oxygen atoms in total. The zero-order valence-corrected chi connectivity index (χ0v) is 8.23. The lowest BCUT2D eigenvalue weighted by Crippen LogP contribution is -2.27. The van der Waals surface area contributed by atoms with Crippen LogP contribution in [0.4, 0.5) is 8.78 Å². The maximum absolute atomic E-state index is 13.0. The summed E-state index contributed by atoms with van der Waals surface area (Å²) in [6.45, 7) is -0.240. The first-order valence-electron chi connectivity index (χ1n) is 3.94. The highest BCUT2D eigenvalue weighted by Crippen LogP contribution is 2.12. The van der Waals surface area contributed by atoms with Gasteiger partial charge in [-0.25, -0.2) is 8.78 Å². The lowest BCUT2D eigenvalue weighted by Gasteiger charge is -2.08. The molecule has 14 heavy (non-hydrogen) atoms. The molecule has 5 heteroatoms. The van der Waals surface area contributed by atoms with E-state index < -0.39 is 17.7 Å². The summed E-state index contributed by atoms with van der Waals surface area (Å²) in [6.07, 6.45) is 0.139. The van der Waals surface area contributed by atoms with E-state index in [0.29, 0.717) is 0 Å². The molecule has 0 heterocycles. The van der Waals surface area contributed by atoms with E-state index in [9.17, 15) is 8.78 Å². The van der Waals surface area contributed by atoms with Gasteiger partial charge in [-0.05, 0) is 18.1 Å². The summed E-state index contributed by atoms with van der Waals surface area (Å²) in [5, 5.41) is 8.62. The molecule has 3 N–H and O–H groups in total. The highest BCUT2D eigenvalue weighted by Gasteiger charge is 2.10. The van der Waals surface area contributed by atoms with Gasteiger partial charge in [-0.1, -0.05) is 12.1 Å². The van der Waals surface area contributed by atoms with Crippen LogP contribution in [-0.4, -0.2) is 17.8 Å². The van der Waals surface area contributed by atoms with Crippen molar-refractivity contribution >= 4 is 12.4 Å². The number of benzene rings is 1. The average Bonchev–Trinajstić information content (AvgIpc) is 2.13. The maximum Gasteiger partial charge on any atom is 0.162 e. The molecule has 1 rings (SSSR count). The fourth-order valence-electron chi connectivity index (χ4n) is 1.05. The smallest absolute Gasteiger partial charge is 0.162 e. The van der Waals surface area contributed by atoms with Gasteiger partial charge in [0.25, 0.3) is 0 Å². The Balaban J connectivity index is 0.00000169. The van der Waals surface area contributed by atoms with Crippen LogP contribution in [0, 0.1) is 11.6 Å². The van der Waals surface area contributed by atoms with Gasteiger partial charge in [0.05, 0.1) is 6.61 Å². The van der Waals surface area contributed by atoms with Crippen LogP contribution in [0.15, 0.2) is 18.2 Å². The minimum absolute atomic E-state index is 0. The fraction of sp³-hybridized carbons (Fsp3) is 0.333. The lowest BCUT2D eigenvalue weighted by atomic mass is 10.1. The van der Waals surface area contributed by atoms with Crippen molar-refractivity contribution in [3.05, 3.63) is 35.4 Å². The first-order chi connectivity index (χ1) is 6.15. The molecule has 0 saturated carbocycles. The van der Waals surface area contributed by atoms with Crippen molar-refractivity contribution in [3.8, 4) is 0 Å². The van der Waals surface area contributed by atoms with E-state index >= 15 is 0 Å². The molecular formula is C9H12ClF2NO. The predicted octanol–water partition coefficient (Wildman–Crippen LogP) is 1.25. The molecule has 1 aromatic rings. The lowest BCUT2D eigenvalue weighted by molar-refractivity contribution is 0.264. The number of hydrogen-bond acceptors (Lipinski definition) is 2. The first kappa shape index (κ1) is 13.3. The summed E-state index contributed by atoms with van der Waals surface area (Å²) >= 11 is 0. The van der Waals surface area contributed by atoms with E-state index in [1.54, 1.807) is 0 Å². The number of aliphatic hydroxyl groups is 1. The van der Waals surface area contributed by atoms with Crippen LogP contribution in [0.3, 0.4) is 0 Å². The van der Waals surface area contributed by atoms with E-state index in [1.165, 1.54) is 12.1 Å². The SMILES string of the molecule is Cl.NC(CO)Cc1cccc(F)c1F. The molecule has 0 aliphatic rings. The molecule has 0 spiro atoms. The van der Waals surface area contributed by atoms with Gasteiger partial charge in [-0.3, -0.25) is 0 Å². The van der Waals surface area contributed by atoms with Gasteiger partial charge < -0.3 is 10.8 Å². The van der Waals surface area contributed by atoms with Crippen molar-refractivity contribution in [2.45, 2.75) is 12.5 Å². The molecule has 0 amide bonds. The molecule has 0 saturated heterocycles. The van der Waals surface area contributed by atoms with Gasteiger partial charge >= 0.3 is 0 Å². The zero-order chi connectivity index (χ0) is 9.84. The molecule has 0 bridgehead atoms. The minimum atomic E-state index is -0.886. The van der Waals surface area contributed by atoms with Crippen LogP contribution < -0.4 is 5.73 Å². The normalized spacial score (nSPS) is 12.0. The summed E-state index contributed by atoms with van der Waals surface area (Å²) < 4.78 is 25.6. The Morgan fingerprint density at radius 3 is 2.57 bits per heavy atom. The van der Waals surface area contributed by atoms with Crippen molar-refractivity contribution < 1.29 is 13.9 Å². The van der Waals surface area contributed by atoms with Gasteiger partial charge in [-0.2, -0.15) is 0 Å². The highest BCUT2D eigenvalue weighted by atomic mass is 35.5. The summed E-state index contributed by atoms with van der Waals surface area (Å²) in [5.41, 5.74) is 5.58. The average molecular weight is 224 g/mol. The summed E-state index contributed by atoms with van der Waals surface area (Å²) in [6, 6.07) is 3.37. The number of rotatable bonds is 3. The Morgan fingerprint density at radius 2 is 2.00 bits per heavy atom. The van der Waals surface area contributed by atoms with Gasteiger partial charge in [-0.15, -0.1) is 12.4 Å². The Kier molecular flexibility index (Phi) is 5.60. The molecule has 0 aromatic heterocycles. The van der Waals surface area contributed by atoms with Crippen LogP contribution in [0.25, 0.3) is 0 Å². The van der Waals surface area contributed by atoms with Crippen molar-refractivity contribution in [1.29, 1.82) is 0 Å². The Bertz CT molecular complexity index is 296. The van der Waals surface area contributed by atoms with E-state index in [4.69, 9.17) is 10.8 Å². The second-order valence-corrected chi connectivity index (χ2v) is 2.86.